The molecule has 0 saturated carbocycles. The van der Waals surface area contributed by atoms with E-state index in [-0.39, 0.29) is 12.0 Å². The van der Waals surface area contributed by atoms with Gasteiger partial charge in [-0.2, -0.15) is 0 Å². The van der Waals surface area contributed by atoms with E-state index in [0.717, 1.165) is 41.0 Å². The normalized spacial score (nSPS) is 16.2. The van der Waals surface area contributed by atoms with Gasteiger partial charge in [0.25, 0.3) is 5.91 Å². The first-order valence-electron chi connectivity index (χ1n) is 8.91. The maximum absolute atomic E-state index is 12.7. The van der Waals surface area contributed by atoms with E-state index >= 15 is 0 Å². The minimum atomic E-state index is -0.0198. The number of ether oxygens (including phenoxy) is 1. The number of carbonyl (C=O) groups is 1. The maximum Gasteiger partial charge on any atom is 0.253 e. The highest BCUT2D eigenvalue weighted by Crippen LogP contribution is 2.41. The number of hydrogen-bond donors (Lipinski definition) is 1. The zero-order valence-corrected chi connectivity index (χ0v) is 15.6. The summed E-state index contributed by atoms with van der Waals surface area (Å²) in [5, 5.41) is 0. The first-order valence-corrected chi connectivity index (χ1v) is 8.91. The molecule has 0 radical (unpaired) electrons. The van der Waals surface area contributed by atoms with E-state index in [4.69, 9.17) is 4.74 Å². The van der Waals surface area contributed by atoms with Crippen LogP contribution < -0.4 is 4.74 Å². The molecule has 0 unspecified atom stereocenters. The summed E-state index contributed by atoms with van der Waals surface area (Å²) in [6, 6.07) is 10.2. The largest absolute Gasteiger partial charge is 0.483 e. The van der Waals surface area contributed by atoms with Crippen molar-refractivity contribution in [2.24, 2.45) is 0 Å². The van der Waals surface area contributed by atoms with Gasteiger partial charge in [-0.3, -0.25) is 4.79 Å². The highest BCUT2D eigenvalue weighted by Gasteiger charge is 2.30. The Bertz CT molecular complexity index is 1000. The summed E-state index contributed by atoms with van der Waals surface area (Å²) in [6.07, 6.45) is 1.62. The van der Waals surface area contributed by atoms with E-state index in [9.17, 15) is 4.79 Å². The van der Waals surface area contributed by atoms with Crippen molar-refractivity contribution in [1.82, 2.24) is 14.9 Å². The lowest BCUT2D eigenvalue weighted by atomic mass is 9.91. The number of nitrogens with one attached hydrogen (secondary N) is 1. The molecule has 2 heterocycles. The van der Waals surface area contributed by atoms with Gasteiger partial charge in [-0.15, -0.1) is 0 Å². The van der Waals surface area contributed by atoms with Crippen LogP contribution in [0.1, 0.15) is 45.4 Å². The number of aromatic nitrogens is 2. The van der Waals surface area contributed by atoms with E-state index in [1.54, 1.807) is 19.0 Å². The number of aromatic amines is 1. The number of hydrogen-bond acceptors (Lipinski definition) is 3. The highest BCUT2D eigenvalue weighted by molar-refractivity contribution is 6.01. The molecular formula is C21H23N3O2. The summed E-state index contributed by atoms with van der Waals surface area (Å²) < 4.78 is 6.44. The quantitative estimate of drug-likeness (QED) is 0.762. The summed E-state index contributed by atoms with van der Waals surface area (Å²) in [6.45, 7) is 4.02. The van der Waals surface area contributed by atoms with E-state index in [2.05, 4.69) is 29.0 Å². The molecule has 3 aromatic rings. The SMILES string of the molecule is Cc1nc2c3c(c(C(=O)N(C)C)cc2[nH]1)CC[C@@H](c1ccccc1C)O3. The van der Waals surface area contributed by atoms with Gasteiger partial charge >= 0.3 is 0 Å². The predicted molar refractivity (Wildman–Crippen MR) is 102 cm³/mol. The van der Waals surface area contributed by atoms with Crippen LogP contribution in [0, 0.1) is 13.8 Å². The number of rotatable bonds is 2. The Hall–Kier alpha value is -2.82. The van der Waals surface area contributed by atoms with Crippen molar-refractivity contribution in [2.45, 2.75) is 32.8 Å². The molecule has 1 aromatic heterocycles. The number of carbonyl (C=O) groups excluding carboxylic acids is 1. The molecule has 134 valence electrons. The van der Waals surface area contributed by atoms with Crippen molar-refractivity contribution in [3.8, 4) is 5.75 Å². The lowest BCUT2D eigenvalue weighted by Crippen LogP contribution is -2.25. The molecule has 0 aliphatic carbocycles. The Morgan fingerprint density at radius 2 is 2.04 bits per heavy atom. The predicted octanol–water partition coefficient (Wildman–Crippen LogP) is 3.95. The second-order valence-corrected chi connectivity index (χ2v) is 7.15. The summed E-state index contributed by atoms with van der Waals surface area (Å²) in [4.78, 5) is 22.2. The monoisotopic (exact) mass is 349 g/mol. The fourth-order valence-corrected chi connectivity index (χ4v) is 3.73. The summed E-state index contributed by atoms with van der Waals surface area (Å²) in [5.74, 6) is 1.56. The van der Waals surface area contributed by atoms with Crippen LogP contribution in [-0.2, 0) is 6.42 Å². The molecule has 0 bridgehead atoms. The second-order valence-electron chi connectivity index (χ2n) is 7.15. The van der Waals surface area contributed by atoms with E-state index in [1.807, 2.05) is 25.1 Å². The van der Waals surface area contributed by atoms with Gasteiger partial charge in [0.15, 0.2) is 5.75 Å². The molecule has 5 heteroatoms. The van der Waals surface area contributed by atoms with Gasteiger partial charge in [0.1, 0.15) is 17.4 Å². The smallest absolute Gasteiger partial charge is 0.253 e. The van der Waals surface area contributed by atoms with Crippen LogP contribution >= 0.6 is 0 Å². The first-order chi connectivity index (χ1) is 12.5. The van der Waals surface area contributed by atoms with Gasteiger partial charge in [-0.05, 0) is 43.9 Å². The fraction of sp³-hybridized carbons (Fsp3) is 0.333. The number of amides is 1. The third-order valence-electron chi connectivity index (χ3n) is 5.04. The molecule has 0 spiro atoms. The van der Waals surface area contributed by atoms with Gasteiger partial charge in [-0.25, -0.2) is 4.98 Å². The lowest BCUT2D eigenvalue weighted by Gasteiger charge is -2.29. The Kier molecular flexibility index (Phi) is 3.94. The number of H-pyrrole nitrogens is 1. The Balaban J connectivity index is 1.87. The Morgan fingerprint density at radius 3 is 2.77 bits per heavy atom. The average molecular weight is 349 g/mol. The van der Waals surface area contributed by atoms with Crippen molar-refractivity contribution in [2.75, 3.05) is 14.1 Å². The van der Waals surface area contributed by atoms with Crippen LogP contribution in [-0.4, -0.2) is 34.9 Å². The first kappa shape index (κ1) is 16.6. The van der Waals surface area contributed by atoms with E-state index in [1.165, 1.54) is 11.1 Å². The molecule has 0 saturated heterocycles. The molecule has 4 rings (SSSR count). The highest BCUT2D eigenvalue weighted by atomic mass is 16.5. The maximum atomic E-state index is 12.7. The van der Waals surface area contributed by atoms with Crippen molar-refractivity contribution < 1.29 is 9.53 Å². The van der Waals surface area contributed by atoms with Gasteiger partial charge in [0, 0.05) is 25.2 Å². The van der Waals surface area contributed by atoms with Gasteiger partial charge < -0.3 is 14.6 Å². The standard InChI is InChI=1S/C21H23N3O2/c1-12-7-5-6-8-14(12)18-10-9-15-16(21(25)24(3)4)11-17-19(20(15)26-18)23-13(2)22-17/h5-8,11,18H,9-10H2,1-4H3,(H,22,23)/t18-/m0/s1. The third kappa shape index (κ3) is 2.64. The molecule has 5 nitrogen and oxygen atoms in total. The second kappa shape index (κ2) is 6.16. The zero-order valence-electron chi connectivity index (χ0n) is 15.6. The number of fused-ring (bicyclic) bond motifs is 3. The van der Waals surface area contributed by atoms with Crippen LogP contribution in [0.3, 0.4) is 0 Å². The molecule has 26 heavy (non-hydrogen) atoms. The van der Waals surface area contributed by atoms with Crippen molar-refractivity contribution in [3.63, 3.8) is 0 Å². The van der Waals surface area contributed by atoms with E-state index < -0.39 is 0 Å². The van der Waals surface area contributed by atoms with Gasteiger partial charge in [-0.1, -0.05) is 24.3 Å². The van der Waals surface area contributed by atoms with Crippen LogP contribution in [0.5, 0.6) is 5.75 Å². The number of imidazole rings is 1. The van der Waals surface area contributed by atoms with Crippen LogP contribution in [0.15, 0.2) is 30.3 Å². The summed E-state index contributed by atoms with van der Waals surface area (Å²) in [5.41, 5.74) is 5.73. The molecule has 1 amide bonds. The summed E-state index contributed by atoms with van der Waals surface area (Å²) >= 11 is 0. The zero-order chi connectivity index (χ0) is 18.4. The molecular weight excluding hydrogens is 326 g/mol. The Labute approximate surface area is 153 Å². The molecule has 1 atom stereocenters. The van der Waals surface area contributed by atoms with Crippen LogP contribution in [0.2, 0.25) is 0 Å². The van der Waals surface area contributed by atoms with Crippen LogP contribution in [0.25, 0.3) is 11.0 Å². The number of aryl methyl sites for hydroxylation is 2. The van der Waals surface area contributed by atoms with Crippen LogP contribution in [0.4, 0.5) is 0 Å². The molecule has 0 fully saturated rings. The van der Waals surface area contributed by atoms with Crippen molar-refractivity contribution >= 4 is 16.9 Å². The third-order valence-corrected chi connectivity index (χ3v) is 5.04. The molecule has 2 aromatic carbocycles. The average Bonchev–Trinajstić information content (AvgIpc) is 3.01. The molecule has 1 aliphatic heterocycles. The van der Waals surface area contributed by atoms with Gasteiger partial charge in [0.05, 0.1) is 5.52 Å². The minimum absolute atomic E-state index is 0.00616. The van der Waals surface area contributed by atoms with E-state index in [0.29, 0.717) is 5.56 Å². The summed E-state index contributed by atoms with van der Waals surface area (Å²) in [7, 11) is 3.55. The topological polar surface area (TPSA) is 58.2 Å². The molecule has 1 N–H and O–H groups in total. The van der Waals surface area contributed by atoms with Crippen molar-refractivity contribution in [3.05, 3.63) is 58.4 Å². The van der Waals surface area contributed by atoms with Crippen molar-refractivity contribution in [1.29, 1.82) is 0 Å². The van der Waals surface area contributed by atoms with Gasteiger partial charge in [0.2, 0.25) is 0 Å². The number of benzene rings is 2. The minimum Gasteiger partial charge on any atom is -0.483 e. The molecule has 1 aliphatic rings. The fourth-order valence-electron chi connectivity index (χ4n) is 3.73. The number of nitrogens with zero attached hydrogens (tertiary/aromatic N) is 2. The Morgan fingerprint density at radius 1 is 1.27 bits per heavy atom. The lowest BCUT2D eigenvalue weighted by molar-refractivity contribution is 0.0823.